The second kappa shape index (κ2) is 32.4. The zero-order valence-electron chi connectivity index (χ0n) is 25.5. The lowest BCUT2D eigenvalue weighted by atomic mass is 10.0. The highest BCUT2D eigenvalue weighted by Gasteiger charge is 2.25. The van der Waals surface area contributed by atoms with Crippen LogP contribution in [0.5, 0.6) is 0 Å². The lowest BCUT2D eigenvalue weighted by molar-refractivity contribution is -0.929. The molecule has 0 aliphatic carbocycles. The van der Waals surface area contributed by atoms with E-state index in [-0.39, 0.29) is 0 Å². The average molecular weight is 513 g/mol. The number of nitrogens with zero attached hydrogens (tertiary/aromatic N) is 2. The molecular weight excluding hydrogens is 444 g/mol. The highest BCUT2D eigenvalue weighted by Crippen LogP contribution is 2.20. The fourth-order valence-corrected chi connectivity index (χ4v) is 5.58. The first-order valence-corrected chi connectivity index (χ1v) is 16.5. The molecule has 0 aromatic heterocycles. The van der Waals surface area contributed by atoms with Gasteiger partial charge in [0, 0.05) is 0 Å². The molecule has 0 saturated carbocycles. The van der Waals surface area contributed by atoms with Gasteiger partial charge in [-0.25, -0.2) is 0 Å². The van der Waals surface area contributed by atoms with Crippen LogP contribution in [0.2, 0.25) is 0 Å². The molecule has 0 fully saturated rings. The third-order valence-corrected chi connectivity index (χ3v) is 7.94. The summed E-state index contributed by atoms with van der Waals surface area (Å²) in [5.41, 5.74) is 0. The van der Waals surface area contributed by atoms with Gasteiger partial charge in [0.15, 0.2) is 0 Å². The van der Waals surface area contributed by atoms with Crippen molar-refractivity contribution >= 4 is 0 Å². The van der Waals surface area contributed by atoms with E-state index in [0.717, 1.165) is 5.34 Å². The molecule has 0 aromatic carbocycles. The Morgan fingerprint density at radius 3 is 0.750 bits per heavy atom. The quantitative estimate of drug-likeness (QED) is 0.0453. The minimum Gasteiger partial charge on any atom is -0.444 e. The number of rotatable bonds is 28. The van der Waals surface area contributed by atoms with Gasteiger partial charge in [0.25, 0.3) is 0 Å². The van der Waals surface area contributed by atoms with Gasteiger partial charge in [-0.2, -0.15) is 0 Å². The third kappa shape index (κ3) is 27.9. The smallest absolute Gasteiger partial charge is 0.0786 e. The van der Waals surface area contributed by atoms with E-state index >= 15 is 0 Å². The molecule has 4 heteroatoms. The standard InChI is InChI=1S/C32H68N.HNO2/c1-5-9-13-17-21-25-29-33(30-26-22-18-14-10-6-2,31-27-23-19-15-11-7-3)32-28-24-20-16-12-8-4;2-1-3/h5-32H2,1-4H3;(H,2,3)/q+1;/p-1. The van der Waals surface area contributed by atoms with Crippen molar-refractivity contribution < 1.29 is 4.48 Å². The summed E-state index contributed by atoms with van der Waals surface area (Å²) in [6.07, 6.45) is 34.8. The molecule has 0 aromatic rings. The fraction of sp³-hybridized carbons (Fsp3) is 1.00. The van der Waals surface area contributed by atoms with E-state index in [1.54, 1.807) is 0 Å². The number of hydrogen-bond acceptors (Lipinski definition) is 3. The van der Waals surface area contributed by atoms with E-state index in [2.05, 4.69) is 27.7 Å². The fourth-order valence-electron chi connectivity index (χ4n) is 5.58. The predicted octanol–water partition coefficient (Wildman–Crippen LogP) is 11.5. The van der Waals surface area contributed by atoms with E-state index < -0.39 is 0 Å². The molecule has 36 heavy (non-hydrogen) atoms. The minimum atomic E-state index is 1.00. The molecule has 0 unspecified atom stereocenters. The van der Waals surface area contributed by atoms with Crippen LogP contribution in [0, 0.1) is 10.1 Å². The number of quaternary nitrogens is 1. The van der Waals surface area contributed by atoms with Crippen molar-refractivity contribution in [2.24, 2.45) is 5.34 Å². The molecule has 0 spiro atoms. The van der Waals surface area contributed by atoms with Gasteiger partial charge in [-0.3, -0.25) is 0 Å². The Morgan fingerprint density at radius 2 is 0.556 bits per heavy atom. The summed E-state index contributed by atoms with van der Waals surface area (Å²) < 4.78 is 1.48. The summed E-state index contributed by atoms with van der Waals surface area (Å²) in [4.78, 5) is 8.00. The molecule has 4 nitrogen and oxygen atoms in total. The largest absolute Gasteiger partial charge is 0.444 e. The van der Waals surface area contributed by atoms with Crippen molar-refractivity contribution in [3.63, 3.8) is 0 Å². The molecule has 0 aliphatic rings. The van der Waals surface area contributed by atoms with Gasteiger partial charge in [-0.15, -0.1) is 5.34 Å². The Labute approximate surface area is 227 Å². The topological polar surface area (TPSA) is 52.5 Å². The maximum absolute atomic E-state index is 8.00. The van der Waals surface area contributed by atoms with Crippen LogP contribution in [0.3, 0.4) is 0 Å². The Kier molecular flexibility index (Phi) is 33.7. The van der Waals surface area contributed by atoms with Crippen molar-refractivity contribution in [1.82, 2.24) is 0 Å². The second-order valence-electron chi connectivity index (χ2n) is 11.4. The zero-order chi connectivity index (χ0) is 27.0. The van der Waals surface area contributed by atoms with Crippen LogP contribution in [0.25, 0.3) is 0 Å². The molecule has 0 radical (unpaired) electrons. The first kappa shape index (κ1) is 37.5. The Bertz CT molecular complexity index is 334. The van der Waals surface area contributed by atoms with Gasteiger partial charge in [0.05, 0.1) is 26.2 Å². The van der Waals surface area contributed by atoms with Gasteiger partial charge in [0.2, 0.25) is 0 Å². The van der Waals surface area contributed by atoms with Gasteiger partial charge in [-0.1, -0.05) is 130 Å². The van der Waals surface area contributed by atoms with Gasteiger partial charge < -0.3 is 14.6 Å². The van der Waals surface area contributed by atoms with Crippen LogP contribution in [-0.4, -0.2) is 30.7 Å². The molecule has 0 heterocycles. The van der Waals surface area contributed by atoms with Crippen molar-refractivity contribution in [1.29, 1.82) is 0 Å². The van der Waals surface area contributed by atoms with Crippen molar-refractivity contribution in [2.45, 2.75) is 182 Å². The predicted molar refractivity (Wildman–Crippen MR) is 162 cm³/mol. The van der Waals surface area contributed by atoms with Crippen LogP contribution < -0.4 is 0 Å². The lowest BCUT2D eigenvalue weighted by Gasteiger charge is -2.40. The molecule has 0 atom stereocenters. The summed E-state index contributed by atoms with van der Waals surface area (Å²) in [5.74, 6) is 0. The van der Waals surface area contributed by atoms with Crippen molar-refractivity contribution in [3.05, 3.63) is 10.1 Å². The monoisotopic (exact) mass is 513 g/mol. The molecule has 218 valence electrons. The van der Waals surface area contributed by atoms with E-state index in [1.807, 2.05) is 0 Å². The third-order valence-electron chi connectivity index (χ3n) is 7.94. The summed E-state index contributed by atoms with van der Waals surface area (Å²) in [6.45, 7) is 15.3. The SMILES string of the molecule is CCCCCCCC[N+](CCCCCCCC)(CCCCCCCC)CCCCCCCC.O=N[O-]. The second-order valence-corrected chi connectivity index (χ2v) is 11.4. The molecule has 0 bridgehead atoms. The summed E-state index contributed by atoms with van der Waals surface area (Å²) in [7, 11) is 0. The highest BCUT2D eigenvalue weighted by molar-refractivity contribution is 4.55. The van der Waals surface area contributed by atoms with E-state index in [0.29, 0.717) is 0 Å². The summed E-state index contributed by atoms with van der Waals surface area (Å²) in [5, 5.41) is 9.00. The maximum Gasteiger partial charge on any atom is 0.0786 e. The van der Waals surface area contributed by atoms with E-state index in [1.165, 1.54) is 185 Å². The first-order valence-electron chi connectivity index (χ1n) is 16.5. The van der Waals surface area contributed by atoms with Crippen molar-refractivity contribution in [3.8, 4) is 0 Å². The van der Waals surface area contributed by atoms with Crippen LogP contribution in [0.1, 0.15) is 182 Å². The van der Waals surface area contributed by atoms with E-state index in [9.17, 15) is 0 Å². The number of hydrogen-bond donors (Lipinski definition) is 0. The van der Waals surface area contributed by atoms with Crippen LogP contribution >= 0.6 is 0 Å². The zero-order valence-corrected chi connectivity index (χ0v) is 25.5. The molecular formula is C32H68N2O2. The number of unbranched alkanes of at least 4 members (excludes halogenated alkanes) is 20. The molecule has 0 aliphatic heterocycles. The molecule has 0 N–H and O–H groups in total. The normalized spacial score (nSPS) is 11.3. The summed E-state index contributed by atoms with van der Waals surface area (Å²) >= 11 is 0. The summed E-state index contributed by atoms with van der Waals surface area (Å²) in [6, 6.07) is 0. The van der Waals surface area contributed by atoms with Crippen LogP contribution in [-0.2, 0) is 0 Å². The van der Waals surface area contributed by atoms with Crippen LogP contribution in [0.15, 0.2) is 5.34 Å². The van der Waals surface area contributed by atoms with E-state index in [4.69, 9.17) is 10.1 Å². The first-order chi connectivity index (χ1) is 17.7. The van der Waals surface area contributed by atoms with Gasteiger partial charge in [-0.05, 0) is 51.4 Å². The van der Waals surface area contributed by atoms with Crippen LogP contribution in [0.4, 0.5) is 0 Å². The minimum absolute atomic E-state index is 1.00. The van der Waals surface area contributed by atoms with Gasteiger partial charge in [0.1, 0.15) is 0 Å². The lowest BCUT2D eigenvalue weighted by Crippen LogP contribution is -2.50. The molecule has 0 amide bonds. The Balaban J connectivity index is 0. The van der Waals surface area contributed by atoms with Crippen molar-refractivity contribution in [2.75, 3.05) is 26.2 Å². The average Bonchev–Trinajstić information content (AvgIpc) is 2.88. The van der Waals surface area contributed by atoms with Gasteiger partial charge >= 0.3 is 0 Å². The Morgan fingerprint density at radius 1 is 0.389 bits per heavy atom. The highest BCUT2D eigenvalue weighted by atomic mass is 16.6. The Hall–Kier alpha value is -0.640. The molecule has 0 saturated heterocycles. The molecule has 0 rings (SSSR count). The maximum atomic E-state index is 8.00.